The monoisotopic (exact) mass is 319 g/mol. The molecule has 2 aromatic rings. The van der Waals surface area contributed by atoms with Gasteiger partial charge in [-0.25, -0.2) is 8.42 Å². The van der Waals surface area contributed by atoms with E-state index in [1.54, 1.807) is 12.1 Å². The van der Waals surface area contributed by atoms with E-state index in [1.807, 2.05) is 0 Å². The Morgan fingerprint density at radius 1 is 1.37 bits per heavy atom. The van der Waals surface area contributed by atoms with E-state index in [2.05, 4.69) is 14.1 Å². The SMILES string of the molecule is O=S1(=O)CC(O)C(Nc2c(Cl)ccc3nsnc23)C1. The van der Waals surface area contributed by atoms with Gasteiger partial charge >= 0.3 is 0 Å². The summed E-state index contributed by atoms with van der Waals surface area (Å²) >= 11 is 7.16. The zero-order chi connectivity index (χ0) is 13.6. The van der Waals surface area contributed by atoms with Crippen LogP contribution in [0.1, 0.15) is 0 Å². The first-order chi connectivity index (χ1) is 8.96. The molecule has 1 aromatic heterocycles. The third kappa shape index (κ3) is 2.40. The summed E-state index contributed by atoms with van der Waals surface area (Å²) in [5.41, 5.74) is 1.80. The second kappa shape index (κ2) is 4.55. The number of nitrogens with zero attached hydrogens (tertiary/aromatic N) is 2. The predicted octanol–water partition coefficient (Wildman–Crippen LogP) is 0.914. The van der Waals surface area contributed by atoms with Crippen molar-refractivity contribution in [2.24, 2.45) is 0 Å². The number of halogens is 1. The van der Waals surface area contributed by atoms with Gasteiger partial charge in [0.25, 0.3) is 0 Å². The lowest BCUT2D eigenvalue weighted by atomic mass is 10.2. The van der Waals surface area contributed by atoms with Crippen molar-refractivity contribution in [1.82, 2.24) is 8.75 Å². The van der Waals surface area contributed by atoms with Gasteiger partial charge in [-0.2, -0.15) is 8.75 Å². The Morgan fingerprint density at radius 2 is 2.16 bits per heavy atom. The van der Waals surface area contributed by atoms with Crippen LogP contribution in [0.25, 0.3) is 11.0 Å². The lowest BCUT2D eigenvalue weighted by molar-refractivity contribution is 0.190. The molecular formula is C10H10ClN3O3S2. The largest absolute Gasteiger partial charge is 0.390 e. The number of aliphatic hydroxyl groups is 1. The van der Waals surface area contributed by atoms with Crippen molar-refractivity contribution in [3.8, 4) is 0 Å². The van der Waals surface area contributed by atoms with Crippen LogP contribution in [0, 0.1) is 0 Å². The number of sulfone groups is 1. The van der Waals surface area contributed by atoms with Crippen LogP contribution in [-0.4, -0.2) is 45.9 Å². The molecule has 2 heterocycles. The summed E-state index contributed by atoms with van der Waals surface area (Å²) in [6, 6.07) is 2.84. The summed E-state index contributed by atoms with van der Waals surface area (Å²) < 4.78 is 31.2. The van der Waals surface area contributed by atoms with Crippen LogP contribution in [-0.2, 0) is 9.84 Å². The van der Waals surface area contributed by atoms with Crippen molar-refractivity contribution in [3.05, 3.63) is 17.2 Å². The summed E-state index contributed by atoms with van der Waals surface area (Å²) in [5.74, 6) is -0.341. The number of anilines is 1. The van der Waals surface area contributed by atoms with Gasteiger partial charge in [0, 0.05) is 0 Å². The molecule has 102 valence electrons. The zero-order valence-corrected chi connectivity index (χ0v) is 12.0. The molecule has 2 atom stereocenters. The van der Waals surface area contributed by atoms with Crippen LogP contribution in [0.4, 0.5) is 5.69 Å². The second-order valence-electron chi connectivity index (χ2n) is 4.45. The summed E-state index contributed by atoms with van der Waals surface area (Å²) in [6.07, 6.45) is -0.942. The Bertz CT molecular complexity index is 731. The van der Waals surface area contributed by atoms with E-state index in [9.17, 15) is 13.5 Å². The molecule has 2 N–H and O–H groups in total. The fourth-order valence-electron chi connectivity index (χ4n) is 2.12. The van der Waals surface area contributed by atoms with Crippen molar-refractivity contribution in [2.45, 2.75) is 12.1 Å². The van der Waals surface area contributed by atoms with E-state index in [1.165, 1.54) is 0 Å². The quantitative estimate of drug-likeness (QED) is 0.855. The smallest absolute Gasteiger partial charge is 0.155 e. The maximum Gasteiger partial charge on any atom is 0.155 e. The number of benzene rings is 1. The molecule has 1 saturated heterocycles. The zero-order valence-electron chi connectivity index (χ0n) is 9.58. The van der Waals surface area contributed by atoms with Gasteiger partial charge in [0.15, 0.2) is 9.84 Å². The maximum absolute atomic E-state index is 11.5. The fraction of sp³-hybridized carbons (Fsp3) is 0.400. The van der Waals surface area contributed by atoms with Gasteiger partial charge in [-0.15, -0.1) is 0 Å². The molecule has 0 spiro atoms. The molecule has 0 bridgehead atoms. The Balaban J connectivity index is 1.98. The second-order valence-corrected chi connectivity index (χ2v) is 7.54. The first-order valence-electron chi connectivity index (χ1n) is 5.52. The Kier molecular flexibility index (Phi) is 3.12. The van der Waals surface area contributed by atoms with Gasteiger partial charge in [-0.1, -0.05) is 11.6 Å². The van der Waals surface area contributed by atoms with E-state index >= 15 is 0 Å². The van der Waals surface area contributed by atoms with E-state index in [-0.39, 0.29) is 11.5 Å². The molecule has 0 saturated carbocycles. The van der Waals surface area contributed by atoms with E-state index in [0.717, 1.165) is 11.7 Å². The van der Waals surface area contributed by atoms with Crippen LogP contribution in [0.2, 0.25) is 5.02 Å². The van der Waals surface area contributed by atoms with Gasteiger partial charge in [0.1, 0.15) is 11.0 Å². The van der Waals surface area contributed by atoms with Gasteiger partial charge in [-0.3, -0.25) is 0 Å². The first kappa shape index (κ1) is 13.0. The van der Waals surface area contributed by atoms with Crippen LogP contribution >= 0.6 is 23.3 Å². The summed E-state index contributed by atoms with van der Waals surface area (Å²) in [6.45, 7) is 0. The molecule has 3 rings (SSSR count). The average molecular weight is 320 g/mol. The molecule has 1 fully saturated rings. The standard InChI is InChI=1S/C10H10ClN3O3S2/c11-5-1-2-6-10(14-18-13-6)9(5)12-7-3-19(16,17)4-8(7)15/h1-2,7-8,12,15H,3-4H2. The molecule has 0 aliphatic carbocycles. The molecule has 9 heteroatoms. The molecule has 19 heavy (non-hydrogen) atoms. The Labute approximate surface area is 118 Å². The lowest BCUT2D eigenvalue weighted by Crippen LogP contribution is -2.32. The summed E-state index contributed by atoms with van der Waals surface area (Å²) in [7, 11) is -3.21. The van der Waals surface area contributed by atoms with Crippen LogP contribution in [0.15, 0.2) is 12.1 Å². The lowest BCUT2D eigenvalue weighted by Gasteiger charge is -2.17. The third-order valence-electron chi connectivity index (χ3n) is 3.03. The van der Waals surface area contributed by atoms with Crippen molar-refractivity contribution in [1.29, 1.82) is 0 Å². The highest BCUT2D eigenvalue weighted by atomic mass is 35.5. The Morgan fingerprint density at radius 3 is 2.84 bits per heavy atom. The number of hydrogen-bond acceptors (Lipinski definition) is 7. The first-order valence-corrected chi connectivity index (χ1v) is 8.45. The van der Waals surface area contributed by atoms with Crippen molar-refractivity contribution in [2.75, 3.05) is 16.8 Å². The van der Waals surface area contributed by atoms with Crippen molar-refractivity contribution < 1.29 is 13.5 Å². The van der Waals surface area contributed by atoms with E-state index < -0.39 is 22.0 Å². The predicted molar refractivity (Wildman–Crippen MR) is 74.5 cm³/mol. The molecule has 6 nitrogen and oxygen atoms in total. The minimum atomic E-state index is -3.21. The van der Waals surface area contributed by atoms with Gasteiger partial charge in [0.05, 0.1) is 46.1 Å². The fourth-order valence-corrected chi connectivity index (χ4v) is 4.61. The molecule has 1 aliphatic rings. The van der Waals surface area contributed by atoms with Crippen molar-refractivity contribution >= 4 is 49.9 Å². The van der Waals surface area contributed by atoms with Crippen molar-refractivity contribution in [3.63, 3.8) is 0 Å². The average Bonchev–Trinajstić information content (AvgIpc) is 2.87. The van der Waals surface area contributed by atoms with Crippen LogP contribution in [0.5, 0.6) is 0 Å². The number of nitrogens with one attached hydrogen (secondary N) is 1. The minimum Gasteiger partial charge on any atom is -0.390 e. The van der Waals surface area contributed by atoms with E-state index in [4.69, 9.17) is 11.6 Å². The highest BCUT2D eigenvalue weighted by Gasteiger charge is 2.37. The number of aliphatic hydroxyl groups excluding tert-OH is 1. The van der Waals surface area contributed by atoms with Gasteiger partial charge in [0.2, 0.25) is 0 Å². The number of hydrogen-bond donors (Lipinski definition) is 2. The number of aromatic nitrogens is 2. The molecule has 0 amide bonds. The summed E-state index contributed by atoms with van der Waals surface area (Å²) in [5, 5.41) is 13.2. The highest BCUT2D eigenvalue weighted by molar-refractivity contribution is 7.91. The molecule has 2 unspecified atom stereocenters. The highest BCUT2D eigenvalue weighted by Crippen LogP contribution is 2.31. The summed E-state index contributed by atoms with van der Waals surface area (Å²) in [4.78, 5) is 0. The minimum absolute atomic E-state index is 0.113. The van der Waals surface area contributed by atoms with Gasteiger partial charge in [-0.05, 0) is 12.1 Å². The topological polar surface area (TPSA) is 92.2 Å². The van der Waals surface area contributed by atoms with Gasteiger partial charge < -0.3 is 10.4 Å². The molecule has 1 aliphatic heterocycles. The van der Waals surface area contributed by atoms with Crippen LogP contribution < -0.4 is 5.32 Å². The third-order valence-corrected chi connectivity index (χ3v) is 5.60. The molecule has 1 aromatic carbocycles. The van der Waals surface area contributed by atoms with E-state index in [0.29, 0.717) is 21.7 Å². The number of rotatable bonds is 2. The van der Waals surface area contributed by atoms with Crippen LogP contribution in [0.3, 0.4) is 0 Å². The normalized spacial score (nSPS) is 25.8. The molecular weight excluding hydrogens is 310 g/mol. The Hall–Kier alpha value is -0.960. The molecule has 0 radical (unpaired) electrons. The number of fused-ring (bicyclic) bond motifs is 1. The maximum atomic E-state index is 11.5.